The number of quaternary nitrogens is 1. The molecule has 1 aliphatic heterocycles. The predicted octanol–water partition coefficient (Wildman–Crippen LogP) is 1.19. The second-order valence-electron chi connectivity index (χ2n) is 5.85. The zero-order valence-corrected chi connectivity index (χ0v) is 12.7. The lowest BCUT2D eigenvalue weighted by Crippen LogP contribution is -3.08. The van der Waals surface area contributed by atoms with E-state index in [-0.39, 0.29) is 5.91 Å². The summed E-state index contributed by atoms with van der Waals surface area (Å²) in [5.74, 6) is -0.133. The molecule has 114 valence electrons. The van der Waals surface area contributed by atoms with Crippen molar-refractivity contribution < 1.29 is 9.69 Å². The lowest BCUT2D eigenvalue weighted by atomic mass is 10.1. The number of likely N-dealkylation sites (tertiary alicyclic amines) is 1. The molecular weight excluding hydrogens is 274 g/mol. The van der Waals surface area contributed by atoms with E-state index in [4.69, 9.17) is 0 Å². The molecule has 2 aromatic rings. The van der Waals surface area contributed by atoms with E-state index in [9.17, 15) is 4.79 Å². The van der Waals surface area contributed by atoms with E-state index in [0.717, 1.165) is 12.1 Å². The fraction of sp³-hybridized carbons (Fsp3) is 0.333. The van der Waals surface area contributed by atoms with Crippen LogP contribution in [0.1, 0.15) is 34.5 Å². The van der Waals surface area contributed by atoms with Crippen molar-refractivity contribution in [3.8, 4) is 0 Å². The van der Waals surface area contributed by atoms with Crippen molar-refractivity contribution in [2.45, 2.75) is 25.9 Å². The van der Waals surface area contributed by atoms with E-state index in [2.05, 4.69) is 34.6 Å². The molecule has 0 spiro atoms. The Balaban J connectivity index is 1.51. The van der Waals surface area contributed by atoms with Gasteiger partial charge in [0, 0.05) is 31.1 Å². The smallest absolute Gasteiger partial charge is 0.270 e. The van der Waals surface area contributed by atoms with E-state index < -0.39 is 0 Å². The predicted molar refractivity (Wildman–Crippen MR) is 85.5 cm³/mol. The Kier molecular flexibility index (Phi) is 4.81. The third-order valence-corrected chi connectivity index (χ3v) is 4.14. The third-order valence-electron chi connectivity index (χ3n) is 4.14. The molecule has 1 aromatic heterocycles. The fourth-order valence-electron chi connectivity index (χ4n) is 2.89. The molecule has 0 saturated carbocycles. The minimum atomic E-state index is -0.133. The number of nitrogens with one attached hydrogen (secondary N) is 2. The van der Waals surface area contributed by atoms with Crippen molar-refractivity contribution in [1.29, 1.82) is 0 Å². The molecule has 0 bridgehead atoms. The van der Waals surface area contributed by atoms with Crippen LogP contribution in [0.3, 0.4) is 0 Å². The first-order valence-electron chi connectivity index (χ1n) is 7.92. The Labute approximate surface area is 131 Å². The summed E-state index contributed by atoms with van der Waals surface area (Å²) in [5, 5.41) is 2.90. The lowest BCUT2D eigenvalue weighted by molar-refractivity contribution is -0.901. The summed E-state index contributed by atoms with van der Waals surface area (Å²) in [6, 6.07) is 13.9. The second kappa shape index (κ2) is 7.18. The van der Waals surface area contributed by atoms with Crippen LogP contribution in [-0.4, -0.2) is 24.0 Å². The molecule has 4 heteroatoms. The molecule has 0 aliphatic carbocycles. The molecule has 0 radical (unpaired) electrons. The molecule has 0 atom stereocenters. The van der Waals surface area contributed by atoms with E-state index in [0.29, 0.717) is 12.2 Å². The maximum absolute atomic E-state index is 11.9. The first-order valence-corrected chi connectivity index (χ1v) is 7.92. The molecule has 1 fully saturated rings. The average Bonchev–Trinajstić information content (AvgIpc) is 3.08. The molecule has 1 amide bonds. The largest absolute Gasteiger partial charge is 0.347 e. The first-order chi connectivity index (χ1) is 10.8. The molecule has 2 N–H and O–H groups in total. The van der Waals surface area contributed by atoms with Gasteiger partial charge in [-0.25, -0.2) is 0 Å². The Hall–Kier alpha value is -2.20. The van der Waals surface area contributed by atoms with Crippen LogP contribution in [0.25, 0.3) is 0 Å². The Morgan fingerprint density at radius 1 is 1.05 bits per heavy atom. The minimum Gasteiger partial charge on any atom is -0.347 e. The summed E-state index contributed by atoms with van der Waals surface area (Å²) in [5.41, 5.74) is 2.94. The van der Waals surface area contributed by atoms with Crippen LogP contribution in [0.15, 0.2) is 48.7 Å². The van der Waals surface area contributed by atoms with Crippen molar-refractivity contribution in [3.05, 3.63) is 65.5 Å². The van der Waals surface area contributed by atoms with Crippen molar-refractivity contribution in [3.63, 3.8) is 0 Å². The van der Waals surface area contributed by atoms with Crippen molar-refractivity contribution in [2.75, 3.05) is 13.1 Å². The molecule has 4 nitrogen and oxygen atoms in total. The summed E-state index contributed by atoms with van der Waals surface area (Å²) in [6.07, 6.45) is 4.34. The number of aromatic nitrogens is 1. The summed E-state index contributed by atoms with van der Waals surface area (Å²) >= 11 is 0. The summed E-state index contributed by atoms with van der Waals surface area (Å²) in [6.45, 7) is 4.23. The van der Waals surface area contributed by atoms with E-state index in [1.165, 1.54) is 31.5 Å². The second-order valence-corrected chi connectivity index (χ2v) is 5.85. The number of nitrogens with zero attached hydrogens (tertiary/aromatic N) is 1. The van der Waals surface area contributed by atoms with Crippen LogP contribution in [0, 0.1) is 0 Å². The van der Waals surface area contributed by atoms with Crippen molar-refractivity contribution in [1.82, 2.24) is 10.3 Å². The molecule has 3 rings (SSSR count). The highest BCUT2D eigenvalue weighted by atomic mass is 16.1. The topological polar surface area (TPSA) is 46.4 Å². The van der Waals surface area contributed by atoms with E-state index in [1.54, 1.807) is 23.2 Å². The van der Waals surface area contributed by atoms with Crippen LogP contribution in [-0.2, 0) is 13.1 Å². The van der Waals surface area contributed by atoms with Gasteiger partial charge in [0.25, 0.3) is 5.91 Å². The average molecular weight is 296 g/mol. The normalized spacial score (nSPS) is 14.9. The SMILES string of the molecule is O=C(NCc1ccc(C[NH+]2CCCC2)cc1)c1ccccn1. The molecule has 0 unspecified atom stereocenters. The van der Waals surface area contributed by atoms with Crippen molar-refractivity contribution >= 4 is 5.91 Å². The molecule has 22 heavy (non-hydrogen) atoms. The van der Waals surface area contributed by atoms with Crippen LogP contribution in [0.2, 0.25) is 0 Å². The summed E-state index contributed by atoms with van der Waals surface area (Å²) < 4.78 is 0. The number of carbonyl (C=O) groups is 1. The van der Waals surface area contributed by atoms with Gasteiger partial charge in [-0.05, 0) is 17.7 Å². The first kappa shape index (κ1) is 14.7. The highest BCUT2D eigenvalue weighted by Crippen LogP contribution is 2.04. The monoisotopic (exact) mass is 296 g/mol. The van der Waals surface area contributed by atoms with Crippen LogP contribution in [0.5, 0.6) is 0 Å². The Morgan fingerprint density at radius 2 is 1.77 bits per heavy atom. The number of pyridine rings is 1. The zero-order chi connectivity index (χ0) is 15.2. The standard InChI is InChI=1S/C18H21N3O/c22-18(17-5-1-2-10-19-17)20-13-15-6-8-16(9-7-15)14-21-11-3-4-12-21/h1-2,5-10H,3-4,11-14H2,(H,20,22)/p+1. The Morgan fingerprint density at radius 3 is 2.45 bits per heavy atom. The highest BCUT2D eigenvalue weighted by molar-refractivity contribution is 5.92. The van der Waals surface area contributed by atoms with E-state index >= 15 is 0 Å². The molecule has 1 saturated heterocycles. The summed E-state index contributed by atoms with van der Waals surface area (Å²) in [7, 11) is 0. The van der Waals surface area contributed by atoms with Crippen LogP contribution >= 0.6 is 0 Å². The Bertz CT molecular complexity index is 604. The molecule has 1 aromatic carbocycles. The molecular formula is C18H22N3O+. The summed E-state index contributed by atoms with van der Waals surface area (Å²) in [4.78, 5) is 17.7. The van der Waals surface area contributed by atoms with Gasteiger partial charge in [0.1, 0.15) is 12.2 Å². The van der Waals surface area contributed by atoms with Gasteiger partial charge in [-0.3, -0.25) is 9.78 Å². The number of rotatable bonds is 5. The van der Waals surface area contributed by atoms with Crippen LogP contribution in [0.4, 0.5) is 0 Å². The van der Waals surface area contributed by atoms with Crippen molar-refractivity contribution in [2.24, 2.45) is 0 Å². The number of hydrogen-bond donors (Lipinski definition) is 2. The molecule has 2 heterocycles. The third kappa shape index (κ3) is 3.92. The van der Waals surface area contributed by atoms with Gasteiger partial charge in [-0.1, -0.05) is 30.3 Å². The van der Waals surface area contributed by atoms with Gasteiger partial charge < -0.3 is 10.2 Å². The van der Waals surface area contributed by atoms with Gasteiger partial charge in [-0.2, -0.15) is 0 Å². The van der Waals surface area contributed by atoms with Gasteiger partial charge in [0.2, 0.25) is 0 Å². The van der Waals surface area contributed by atoms with Gasteiger partial charge >= 0.3 is 0 Å². The van der Waals surface area contributed by atoms with Crippen LogP contribution < -0.4 is 10.2 Å². The van der Waals surface area contributed by atoms with Gasteiger partial charge in [-0.15, -0.1) is 0 Å². The number of carbonyl (C=O) groups excluding carboxylic acids is 1. The van der Waals surface area contributed by atoms with E-state index in [1.807, 2.05) is 6.07 Å². The number of hydrogen-bond acceptors (Lipinski definition) is 2. The lowest BCUT2D eigenvalue weighted by Gasteiger charge is -2.12. The molecule has 1 aliphatic rings. The maximum atomic E-state index is 11.9. The highest BCUT2D eigenvalue weighted by Gasteiger charge is 2.15. The maximum Gasteiger partial charge on any atom is 0.270 e. The number of amides is 1. The minimum absolute atomic E-state index is 0.133. The van der Waals surface area contributed by atoms with Gasteiger partial charge in [0.15, 0.2) is 0 Å². The quantitative estimate of drug-likeness (QED) is 0.871. The zero-order valence-electron chi connectivity index (χ0n) is 12.7. The van der Waals surface area contributed by atoms with Gasteiger partial charge in [0.05, 0.1) is 13.1 Å². The fourth-order valence-corrected chi connectivity index (χ4v) is 2.89. The number of benzene rings is 1.